The molecule has 0 aliphatic heterocycles. The number of aryl methyl sites for hydroxylation is 1. The van der Waals surface area contributed by atoms with Crippen molar-refractivity contribution < 1.29 is 9.90 Å². The average molecular weight is 251 g/mol. The lowest BCUT2D eigenvalue weighted by Gasteiger charge is -2.16. The van der Waals surface area contributed by atoms with E-state index in [1.165, 1.54) is 4.90 Å². The fraction of sp³-hybridized carbons (Fsp3) is 0.583. The van der Waals surface area contributed by atoms with Gasteiger partial charge in [0.2, 0.25) is 0 Å². The van der Waals surface area contributed by atoms with Crippen LogP contribution in [0.4, 0.5) is 0 Å². The molecule has 1 aliphatic carbocycles. The third-order valence-corrected chi connectivity index (χ3v) is 3.08. The van der Waals surface area contributed by atoms with Crippen molar-refractivity contribution in [3.05, 3.63) is 27.4 Å². The normalized spacial score (nSPS) is 14.6. The molecule has 2 rings (SSSR count). The summed E-state index contributed by atoms with van der Waals surface area (Å²) in [6.45, 7) is 1.73. The summed E-state index contributed by atoms with van der Waals surface area (Å²) < 4.78 is 0. The molecule has 0 bridgehead atoms. The third kappa shape index (κ3) is 2.43. The van der Waals surface area contributed by atoms with Crippen molar-refractivity contribution in [3.63, 3.8) is 0 Å². The molecule has 0 atom stereocenters. The van der Waals surface area contributed by atoms with Gasteiger partial charge in [-0.15, -0.1) is 0 Å². The van der Waals surface area contributed by atoms with E-state index in [1.807, 2.05) is 0 Å². The van der Waals surface area contributed by atoms with Gasteiger partial charge >= 0.3 is 0 Å². The summed E-state index contributed by atoms with van der Waals surface area (Å²) in [5, 5.41) is 8.80. The van der Waals surface area contributed by atoms with Crippen molar-refractivity contribution in [2.24, 2.45) is 0 Å². The fourth-order valence-electron chi connectivity index (χ4n) is 1.85. The quantitative estimate of drug-likeness (QED) is 0.790. The smallest absolute Gasteiger partial charge is 0.264 e. The van der Waals surface area contributed by atoms with Crippen LogP contribution >= 0.6 is 0 Å². The number of aliphatic hydroxyl groups is 1. The van der Waals surface area contributed by atoms with Gasteiger partial charge in [-0.2, -0.15) is 0 Å². The average Bonchev–Trinajstić information content (AvgIpc) is 3.11. The van der Waals surface area contributed by atoms with Crippen LogP contribution in [0.1, 0.15) is 40.6 Å². The SMILES string of the molecule is Cc1nc(C2CC2)[nH]c(=O)c1C(=O)N(C)CCO. The van der Waals surface area contributed by atoms with Gasteiger partial charge in [0.25, 0.3) is 11.5 Å². The van der Waals surface area contributed by atoms with Gasteiger partial charge in [0.05, 0.1) is 12.3 Å². The molecule has 1 fully saturated rings. The molecule has 18 heavy (non-hydrogen) atoms. The highest BCUT2D eigenvalue weighted by atomic mass is 16.3. The van der Waals surface area contributed by atoms with Crippen LogP contribution in [-0.2, 0) is 0 Å². The lowest BCUT2D eigenvalue weighted by Crippen LogP contribution is -2.35. The third-order valence-electron chi connectivity index (χ3n) is 3.08. The van der Waals surface area contributed by atoms with Crippen LogP contribution in [0.2, 0.25) is 0 Å². The van der Waals surface area contributed by atoms with E-state index in [0.29, 0.717) is 17.4 Å². The number of hydrogen-bond acceptors (Lipinski definition) is 4. The number of nitrogens with zero attached hydrogens (tertiary/aromatic N) is 2. The molecule has 0 aromatic carbocycles. The minimum atomic E-state index is -0.405. The van der Waals surface area contributed by atoms with Crippen LogP contribution in [0.25, 0.3) is 0 Å². The van der Waals surface area contributed by atoms with Gasteiger partial charge in [-0.3, -0.25) is 9.59 Å². The van der Waals surface area contributed by atoms with E-state index >= 15 is 0 Å². The molecular weight excluding hydrogens is 234 g/mol. The van der Waals surface area contributed by atoms with E-state index in [0.717, 1.165) is 12.8 Å². The summed E-state index contributed by atoms with van der Waals surface area (Å²) in [6, 6.07) is 0. The van der Waals surface area contributed by atoms with Gasteiger partial charge in [0, 0.05) is 19.5 Å². The molecule has 1 aliphatic rings. The summed E-state index contributed by atoms with van der Waals surface area (Å²) in [7, 11) is 1.55. The highest BCUT2D eigenvalue weighted by molar-refractivity contribution is 5.94. The number of nitrogens with one attached hydrogen (secondary N) is 1. The zero-order valence-electron chi connectivity index (χ0n) is 10.6. The molecule has 1 aromatic rings. The summed E-state index contributed by atoms with van der Waals surface area (Å²) in [4.78, 5) is 32.3. The molecule has 0 saturated heterocycles. The van der Waals surface area contributed by atoms with Crippen molar-refractivity contribution in [2.75, 3.05) is 20.2 Å². The number of hydrogen-bond donors (Lipinski definition) is 2. The number of carbonyl (C=O) groups is 1. The second-order valence-corrected chi connectivity index (χ2v) is 4.64. The predicted octanol–water partition coefficient (Wildman–Crippen LogP) is 0.0200. The van der Waals surface area contributed by atoms with Gasteiger partial charge in [0.15, 0.2) is 0 Å². The second-order valence-electron chi connectivity index (χ2n) is 4.64. The Kier molecular flexibility index (Phi) is 3.47. The van der Waals surface area contributed by atoms with E-state index in [4.69, 9.17) is 5.11 Å². The zero-order chi connectivity index (χ0) is 13.3. The molecule has 98 valence electrons. The number of rotatable bonds is 4. The van der Waals surface area contributed by atoms with E-state index in [-0.39, 0.29) is 24.3 Å². The number of H-pyrrole nitrogens is 1. The summed E-state index contributed by atoms with van der Waals surface area (Å²) in [5.74, 6) is 0.618. The van der Waals surface area contributed by atoms with Crippen molar-refractivity contribution in [1.29, 1.82) is 0 Å². The van der Waals surface area contributed by atoms with Gasteiger partial charge < -0.3 is 15.0 Å². The number of aliphatic hydroxyl groups excluding tert-OH is 1. The Labute approximate surface area is 105 Å². The maximum Gasteiger partial charge on any atom is 0.264 e. The van der Waals surface area contributed by atoms with E-state index in [9.17, 15) is 9.59 Å². The van der Waals surface area contributed by atoms with E-state index < -0.39 is 5.91 Å². The first kappa shape index (κ1) is 12.8. The monoisotopic (exact) mass is 251 g/mol. The van der Waals surface area contributed by atoms with Gasteiger partial charge in [-0.25, -0.2) is 4.98 Å². The van der Waals surface area contributed by atoms with Crippen molar-refractivity contribution in [2.45, 2.75) is 25.7 Å². The number of amides is 1. The number of aromatic amines is 1. The highest BCUT2D eigenvalue weighted by Crippen LogP contribution is 2.37. The Balaban J connectivity index is 2.33. The lowest BCUT2D eigenvalue weighted by atomic mass is 10.2. The molecule has 6 nitrogen and oxygen atoms in total. The Morgan fingerprint density at radius 3 is 2.72 bits per heavy atom. The molecule has 1 amide bonds. The fourth-order valence-corrected chi connectivity index (χ4v) is 1.85. The maximum absolute atomic E-state index is 12.0. The molecule has 0 spiro atoms. The Morgan fingerprint density at radius 2 is 2.22 bits per heavy atom. The first-order valence-corrected chi connectivity index (χ1v) is 6.01. The number of aromatic nitrogens is 2. The Hall–Kier alpha value is -1.69. The standard InChI is InChI=1S/C12H17N3O3/c1-7-9(12(18)15(2)5-6-16)11(17)14-10(13-7)8-3-4-8/h8,16H,3-6H2,1-2H3,(H,13,14,17). The molecule has 6 heteroatoms. The molecule has 1 aromatic heterocycles. The Bertz CT molecular complexity index is 520. The van der Waals surface area contributed by atoms with E-state index in [1.54, 1.807) is 14.0 Å². The van der Waals surface area contributed by atoms with Crippen LogP contribution in [0.5, 0.6) is 0 Å². The van der Waals surface area contributed by atoms with Crippen LogP contribution in [0.15, 0.2) is 4.79 Å². The summed E-state index contributed by atoms with van der Waals surface area (Å²) >= 11 is 0. The largest absolute Gasteiger partial charge is 0.395 e. The minimum Gasteiger partial charge on any atom is -0.395 e. The topological polar surface area (TPSA) is 86.3 Å². The van der Waals surface area contributed by atoms with Crippen LogP contribution in [0, 0.1) is 6.92 Å². The van der Waals surface area contributed by atoms with Crippen molar-refractivity contribution in [1.82, 2.24) is 14.9 Å². The van der Waals surface area contributed by atoms with E-state index in [2.05, 4.69) is 9.97 Å². The molecule has 1 saturated carbocycles. The first-order valence-electron chi connectivity index (χ1n) is 6.01. The van der Waals surface area contributed by atoms with Gasteiger partial charge in [0.1, 0.15) is 11.4 Å². The summed E-state index contributed by atoms with van der Waals surface area (Å²) in [6.07, 6.45) is 2.08. The van der Waals surface area contributed by atoms with Crippen LogP contribution < -0.4 is 5.56 Å². The zero-order valence-corrected chi connectivity index (χ0v) is 10.6. The van der Waals surface area contributed by atoms with Crippen LogP contribution in [0.3, 0.4) is 0 Å². The summed E-state index contributed by atoms with van der Waals surface area (Å²) in [5.41, 5.74) is 0.130. The second kappa shape index (κ2) is 4.89. The van der Waals surface area contributed by atoms with Crippen LogP contribution in [-0.4, -0.2) is 46.1 Å². The number of carbonyl (C=O) groups excluding carboxylic acids is 1. The molecular formula is C12H17N3O3. The predicted molar refractivity (Wildman–Crippen MR) is 65.6 cm³/mol. The molecule has 0 radical (unpaired) electrons. The van der Waals surface area contributed by atoms with Crippen molar-refractivity contribution in [3.8, 4) is 0 Å². The molecule has 0 unspecified atom stereocenters. The Morgan fingerprint density at radius 1 is 1.56 bits per heavy atom. The number of likely N-dealkylation sites (N-methyl/N-ethyl adjacent to an activating group) is 1. The van der Waals surface area contributed by atoms with Crippen molar-refractivity contribution >= 4 is 5.91 Å². The maximum atomic E-state index is 12.0. The highest BCUT2D eigenvalue weighted by Gasteiger charge is 2.28. The minimum absolute atomic E-state index is 0.0651. The van der Waals surface area contributed by atoms with Gasteiger partial charge in [-0.05, 0) is 19.8 Å². The van der Waals surface area contributed by atoms with Gasteiger partial charge in [-0.1, -0.05) is 0 Å². The first-order chi connectivity index (χ1) is 8.54. The molecule has 2 N–H and O–H groups in total. The molecule has 1 heterocycles. The lowest BCUT2D eigenvalue weighted by molar-refractivity contribution is 0.0763.